The van der Waals surface area contributed by atoms with Crippen LogP contribution in [-0.2, 0) is 4.74 Å². The zero-order valence-corrected chi connectivity index (χ0v) is 11.7. The average molecular weight is 287 g/mol. The molecule has 3 N–H and O–H groups in total. The summed E-state index contributed by atoms with van der Waals surface area (Å²) in [5, 5.41) is 3.11. The molecule has 0 spiro atoms. The molecule has 1 aliphatic carbocycles. The standard InChI is InChI=1S/C14H20ClFN2O/c15-11-8-13(17)14(9-12(11)16)18-6-7-19-10-4-2-1-3-5-10/h8-10,18H,1-7,17H2. The number of benzene rings is 1. The third kappa shape index (κ3) is 4.25. The van der Waals surface area contributed by atoms with Gasteiger partial charge in [0, 0.05) is 12.6 Å². The second kappa shape index (κ2) is 6.96. The van der Waals surface area contributed by atoms with Crippen LogP contribution in [0.1, 0.15) is 32.1 Å². The number of nitrogens with two attached hydrogens (primary N) is 1. The van der Waals surface area contributed by atoms with Crippen LogP contribution < -0.4 is 11.1 Å². The molecule has 1 aliphatic rings. The molecule has 0 aromatic heterocycles. The van der Waals surface area contributed by atoms with E-state index in [0.29, 0.717) is 30.6 Å². The van der Waals surface area contributed by atoms with Gasteiger partial charge in [0.15, 0.2) is 0 Å². The second-order valence-electron chi connectivity index (χ2n) is 4.91. The van der Waals surface area contributed by atoms with Crippen LogP contribution in [0.3, 0.4) is 0 Å². The monoisotopic (exact) mass is 286 g/mol. The predicted octanol–water partition coefficient (Wildman–Crippen LogP) is 3.82. The fourth-order valence-electron chi connectivity index (χ4n) is 2.36. The molecular formula is C14H20ClFN2O. The summed E-state index contributed by atoms with van der Waals surface area (Å²) in [5.41, 5.74) is 6.77. The normalized spacial score (nSPS) is 16.5. The van der Waals surface area contributed by atoms with Gasteiger partial charge in [0.2, 0.25) is 0 Å². The first-order valence-corrected chi connectivity index (χ1v) is 7.14. The van der Waals surface area contributed by atoms with Gasteiger partial charge in [-0.25, -0.2) is 4.39 Å². The van der Waals surface area contributed by atoms with E-state index in [1.807, 2.05) is 0 Å². The Morgan fingerprint density at radius 1 is 1.32 bits per heavy atom. The highest BCUT2D eigenvalue weighted by Crippen LogP contribution is 2.26. The van der Waals surface area contributed by atoms with Gasteiger partial charge in [-0.1, -0.05) is 30.9 Å². The topological polar surface area (TPSA) is 47.3 Å². The fourth-order valence-corrected chi connectivity index (χ4v) is 2.53. The van der Waals surface area contributed by atoms with Crippen molar-refractivity contribution < 1.29 is 9.13 Å². The van der Waals surface area contributed by atoms with Crippen LogP contribution >= 0.6 is 11.6 Å². The van der Waals surface area contributed by atoms with Crippen molar-refractivity contribution in [3.05, 3.63) is 23.0 Å². The highest BCUT2D eigenvalue weighted by molar-refractivity contribution is 6.31. The van der Waals surface area contributed by atoms with E-state index in [2.05, 4.69) is 5.32 Å². The Bertz CT molecular complexity index is 422. The van der Waals surface area contributed by atoms with Gasteiger partial charge in [-0.15, -0.1) is 0 Å². The zero-order chi connectivity index (χ0) is 13.7. The van der Waals surface area contributed by atoms with Gasteiger partial charge < -0.3 is 15.8 Å². The van der Waals surface area contributed by atoms with Crippen molar-refractivity contribution in [2.24, 2.45) is 0 Å². The molecule has 0 aliphatic heterocycles. The summed E-state index contributed by atoms with van der Waals surface area (Å²) in [4.78, 5) is 0. The summed E-state index contributed by atoms with van der Waals surface area (Å²) in [6.45, 7) is 1.22. The average Bonchev–Trinajstić information content (AvgIpc) is 2.41. The Kier molecular flexibility index (Phi) is 5.28. The van der Waals surface area contributed by atoms with Gasteiger partial charge in [0.05, 0.1) is 29.1 Å². The number of hydrogen-bond acceptors (Lipinski definition) is 3. The maximum absolute atomic E-state index is 13.3. The third-order valence-corrected chi connectivity index (χ3v) is 3.71. The molecular weight excluding hydrogens is 267 g/mol. The van der Waals surface area contributed by atoms with Crippen LogP contribution in [0.2, 0.25) is 5.02 Å². The molecule has 3 nitrogen and oxygen atoms in total. The van der Waals surface area contributed by atoms with Crippen LogP contribution in [0, 0.1) is 5.82 Å². The van der Waals surface area contributed by atoms with E-state index < -0.39 is 5.82 Å². The van der Waals surface area contributed by atoms with Crippen LogP contribution in [-0.4, -0.2) is 19.3 Å². The van der Waals surface area contributed by atoms with Crippen molar-refractivity contribution >= 4 is 23.0 Å². The van der Waals surface area contributed by atoms with Gasteiger partial charge in [0.1, 0.15) is 5.82 Å². The van der Waals surface area contributed by atoms with Crippen molar-refractivity contribution in [3.63, 3.8) is 0 Å². The van der Waals surface area contributed by atoms with Crippen LogP contribution in [0.5, 0.6) is 0 Å². The molecule has 0 saturated heterocycles. The van der Waals surface area contributed by atoms with Crippen molar-refractivity contribution in [2.75, 3.05) is 24.2 Å². The van der Waals surface area contributed by atoms with Crippen LogP contribution in [0.4, 0.5) is 15.8 Å². The Morgan fingerprint density at radius 2 is 2.05 bits per heavy atom. The van der Waals surface area contributed by atoms with Crippen molar-refractivity contribution in [1.82, 2.24) is 0 Å². The Hall–Kier alpha value is -1.00. The third-order valence-electron chi connectivity index (χ3n) is 3.42. The zero-order valence-electron chi connectivity index (χ0n) is 10.9. The predicted molar refractivity (Wildman–Crippen MR) is 77.1 cm³/mol. The number of ether oxygens (including phenoxy) is 1. The summed E-state index contributed by atoms with van der Waals surface area (Å²) in [6.07, 6.45) is 6.52. The quantitative estimate of drug-likeness (QED) is 0.639. The largest absolute Gasteiger partial charge is 0.397 e. The summed E-state index contributed by atoms with van der Waals surface area (Å²) >= 11 is 5.64. The second-order valence-corrected chi connectivity index (χ2v) is 5.32. The smallest absolute Gasteiger partial charge is 0.143 e. The van der Waals surface area contributed by atoms with Crippen LogP contribution in [0.25, 0.3) is 0 Å². The maximum Gasteiger partial charge on any atom is 0.143 e. The molecule has 0 bridgehead atoms. The molecule has 0 atom stereocenters. The SMILES string of the molecule is Nc1cc(Cl)c(F)cc1NCCOC1CCCCC1. The van der Waals surface area contributed by atoms with Crippen LogP contribution in [0.15, 0.2) is 12.1 Å². The molecule has 0 heterocycles. The molecule has 0 radical (unpaired) electrons. The lowest BCUT2D eigenvalue weighted by molar-refractivity contribution is 0.0347. The van der Waals surface area contributed by atoms with E-state index in [1.165, 1.54) is 31.4 Å². The lowest BCUT2D eigenvalue weighted by Gasteiger charge is -2.22. The van der Waals surface area contributed by atoms with E-state index in [-0.39, 0.29) is 5.02 Å². The Balaban J connectivity index is 1.74. The van der Waals surface area contributed by atoms with Gasteiger partial charge >= 0.3 is 0 Å². The lowest BCUT2D eigenvalue weighted by Crippen LogP contribution is -2.20. The minimum atomic E-state index is -0.466. The van der Waals surface area contributed by atoms with E-state index in [4.69, 9.17) is 22.1 Å². The molecule has 1 saturated carbocycles. The number of anilines is 2. The molecule has 1 aromatic rings. The fraction of sp³-hybridized carbons (Fsp3) is 0.571. The molecule has 0 unspecified atom stereocenters. The number of rotatable bonds is 5. The number of nitrogen functional groups attached to an aromatic ring is 1. The molecule has 1 fully saturated rings. The van der Waals surface area contributed by atoms with E-state index in [9.17, 15) is 4.39 Å². The minimum Gasteiger partial charge on any atom is -0.397 e. The highest BCUT2D eigenvalue weighted by Gasteiger charge is 2.13. The van der Waals surface area contributed by atoms with Gasteiger partial charge in [-0.3, -0.25) is 0 Å². The van der Waals surface area contributed by atoms with E-state index >= 15 is 0 Å². The van der Waals surface area contributed by atoms with Gasteiger partial charge in [0.25, 0.3) is 0 Å². The van der Waals surface area contributed by atoms with Crippen molar-refractivity contribution in [3.8, 4) is 0 Å². The number of hydrogen-bond donors (Lipinski definition) is 2. The summed E-state index contributed by atoms with van der Waals surface area (Å²) in [6, 6.07) is 2.74. The first-order valence-electron chi connectivity index (χ1n) is 6.77. The molecule has 2 rings (SSSR count). The Morgan fingerprint density at radius 3 is 2.79 bits per heavy atom. The molecule has 19 heavy (non-hydrogen) atoms. The Labute approximate surface area is 118 Å². The van der Waals surface area contributed by atoms with Gasteiger partial charge in [-0.2, -0.15) is 0 Å². The summed E-state index contributed by atoms with van der Waals surface area (Å²) < 4.78 is 19.1. The summed E-state index contributed by atoms with van der Waals surface area (Å²) in [5.74, 6) is -0.466. The lowest BCUT2D eigenvalue weighted by atomic mass is 9.98. The number of nitrogens with one attached hydrogen (secondary N) is 1. The first-order chi connectivity index (χ1) is 9.16. The van der Waals surface area contributed by atoms with Gasteiger partial charge in [-0.05, 0) is 18.9 Å². The maximum atomic E-state index is 13.3. The molecule has 1 aromatic carbocycles. The number of halogens is 2. The molecule has 0 amide bonds. The van der Waals surface area contributed by atoms with Crippen molar-refractivity contribution in [2.45, 2.75) is 38.2 Å². The van der Waals surface area contributed by atoms with E-state index in [0.717, 1.165) is 12.8 Å². The summed E-state index contributed by atoms with van der Waals surface area (Å²) in [7, 11) is 0. The van der Waals surface area contributed by atoms with E-state index in [1.54, 1.807) is 0 Å². The minimum absolute atomic E-state index is 0.0431. The molecule has 5 heteroatoms. The first kappa shape index (κ1) is 14.4. The highest BCUT2D eigenvalue weighted by atomic mass is 35.5. The van der Waals surface area contributed by atoms with Crippen molar-refractivity contribution in [1.29, 1.82) is 0 Å². The molecule has 106 valence electrons.